The van der Waals surface area contributed by atoms with Crippen LogP contribution in [0.3, 0.4) is 0 Å². The summed E-state index contributed by atoms with van der Waals surface area (Å²) < 4.78 is 13.3. The number of aryl methyl sites for hydroxylation is 3. The SMILES string of the molecule is COCCn1c(COc2c(C)nc(C)nc2C)nnc1C1CC(N)C1. The van der Waals surface area contributed by atoms with E-state index < -0.39 is 0 Å². The summed E-state index contributed by atoms with van der Waals surface area (Å²) in [5.41, 5.74) is 7.59. The molecule has 0 atom stereocenters. The van der Waals surface area contributed by atoms with Crippen LogP contribution in [0.15, 0.2) is 0 Å². The Bertz CT molecular complexity index is 716. The Kier molecular flexibility index (Phi) is 5.29. The lowest BCUT2D eigenvalue weighted by atomic mass is 9.80. The van der Waals surface area contributed by atoms with Gasteiger partial charge in [0.05, 0.1) is 18.0 Å². The Balaban J connectivity index is 1.78. The fraction of sp³-hybridized carbons (Fsp3) is 0.647. The van der Waals surface area contributed by atoms with Gasteiger partial charge in [-0.3, -0.25) is 0 Å². The third-order valence-electron chi connectivity index (χ3n) is 4.58. The zero-order chi connectivity index (χ0) is 18.0. The Morgan fingerprint density at radius 1 is 1.12 bits per heavy atom. The lowest BCUT2D eigenvalue weighted by Gasteiger charge is -2.31. The average molecular weight is 346 g/mol. The van der Waals surface area contributed by atoms with Crippen LogP contribution < -0.4 is 10.5 Å². The van der Waals surface area contributed by atoms with Crippen LogP contribution in [0.5, 0.6) is 5.75 Å². The van der Waals surface area contributed by atoms with Crippen LogP contribution >= 0.6 is 0 Å². The summed E-state index contributed by atoms with van der Waals surface area (Å²) in [4.78, 5) is 8.74. The van der Waals surface area contributed by atoms with E-state index in [2.05, 4.69) is 24.7 Å². The number of hydrogen-bond acceptors (Lipinski definition) is 7. The van der Waals surface area contributed by atoms with E-state index in [1.54, 1.807) is 7.11 Å². The van der Waals surface area contributed by atoms with Crippen molar-refractivity contribution < 1.29 is 9.47 Å². The fourth-order valence-electron chi connectivity index (χ4n) is 3.28. The largest absolute Gasteiger partial charge is 0.482 e. The number of ether oxygens (including phenoxy) is 2. The molecule has 0 aliphatic heterocycles. The second-order valence-electron chi connectivity index (χ2n) is 6.61. The predicted octanol–water partition coefficient (Wildman–Crippen LogP) is 1.42. The lowest BCUT2D eigenvalue weighted by molar-refractivity contribution is 0.180. The van der Waals surface area contributed by atoms with E-state index in [1.807, 2.05) is 20.8 Å². The van der Waals surface area contributed by atoms with Crippen LogP contribution in [0, 0.1) is 20.8 Å². The number of nitrogens with zero attached hydrogens (tertiary/aromatic N) is 5. The molecule has 0 bridgehead atoms. The summed E-state index contributed by atoms with van der Waals surface area (Å²) >= 11 is 0. The molecule has 0 radical (unpaired) electrons. The van der Waals surface area contributed by atoms with Gasteiger partial charge in [0.25, 0.3) is 0 Å². The average Bonchev–Trinajstić information content (AvgIpc) is 2.91. The topological polar surface area (TPSA) is 101 Å². The summed E-state index contributed by atoms with van der Waals surface area (Å²) in [6.07, 6.45) is 1.91. The van der Waals surface area contributed by atoms with Crippen molar-refractivity contribution >= 4 is 0 Å². The van der Waals surface area contributed by atoms with E-state index >= 15 is 0 Å². The summed E-state index contributed by atoms with van der Waals surface area (Å²) in [7, 11) is 1.69. The van der Waals surface area contributed by atoms with Crippen LogP contribution in [0.1, 0.15) is 47.6 Å². The van der Waals surface area contributed by atoms with Gasteiger partial charge in [0, 0.05) is 25.6 Å². The molecule has 0 aromatic carbocycles. The number of nitrogens with two attached hydrogens (primary N) is 1. The van der Waals surface area contributed by atoms with Crippen LogP contribution in [-0.4, -0.2) is 44.5 Å². The first kappa shape index (κ1) is 17.8. The maximum atomic E-state index is 5.98. The van der Waals surface area contributed by atoms with Crippen LogP contribution in [0.2, 0.25) is 0 Å². The minimum atomic E-state index is 0.271. The van der Waals surface area contributed by atoms with E-state index in [-0.39, 0.29) is 6.04 Å². The molecule has 1 saturated carbocycles. The lowest BCUT2D eigenvalue weighted by Crippen LogP contribution is -2.36. The molecule has 0 unspecified atom stereocenters. The van der Waals surface area contributed by atoms with E-state index in [0.717, 1.165) is 41.7 Å². The van der Waals surface area contributed by atoms with Gasteiger partial charge in [0.15, 0.2) is 11.6 Å². The van der Waals surface area contributed by atoms with Crippen molar-refractivity contribution in [3.63, 3.8) is 0 Å². The van der Waals surface area contributed by atoms with Gasteiger partial charge in [-0.15, -0.1) is 10.2 Å². The molecule has 1 fully saturated rings. The van der Waals surface area contributed by atoms with Gasteiger partial charge in [-0.25, -0.2) is 9.97 Å². The molecule has 2 N–H and O–H groups in total. The highest BCUT2D eigenvalue weighted by Gasteiger charge is 2.32. The first-order chi connectivity index (χ1) is 12.0. The second-order valence-corrected chi connectivity index (χ2v) is 6.61. The number of rotatable bonds is 7. The van der Waals surface area contributed by atoms with Gasteiger partial charge in [-0.05, 0) is 33.6 Å². The molecular weight excluding hydrogens is 320 g/mol. The fourth-order valence-corrected chi connectivity index (χ4v) is 3.28. The molecular formula is C17H26N6O2. The molecule has 0 spiro atoms. The number of methoxy groups -OCH3 is 1. The highest BCUT2D eigenvalue weighted by atomic mass is 16.5. The molecule has 2 heterocycles. The van der Waals surface area contributed by atoms with Crippen molar-refractivity contribution in [1.29, 1.82) is 0 Å². The Morgan fingerprint density at radius 3 is 2.40 bits per heavy atom. The third-order valence-corrected chi connectivity index (χ3v) is 4.58. The van der Waals surface area contributed by atoms with E-state index in [9.17, 15) is 0 Å². The van der Waals surface area contributed by atoms with Crippen molar-refractivity contribution in [1.82, 2.24) is 24.7 Å². The zero-order valence-electron chi connectivity index (χ0n) is 15.3. The first-order valence-corrected chi connectivity index (χ1v) is 8.60. The summed E-state index contributed by atoms with van der Waals surface area (Å²) in [5.74, 6) is 3.59. The predicted molar refractivity (Wildman–Crippen MR) is 92.4 cm³/mol. The van der Waals surface area contributed by atoms with E-state index in [1.165, 1.54) is 0 Å². The molecule has 3 rings (SSSR count). The molecule has 2 aromatic rings. The summed E-state index contributed by atoms with van der Waals surface area (Å²) in [5, 5.41) is 8.73. The Hall–Kier alpha value is -2.06. The molecule has 0 amide bonds. The summed E-state index contributed by atoms with van der Waals surface area (Å²) in [6.45, 7) is 7.35. The van der Waals surface area contributed by atoms with Crippen molar-refractivity contribution in [2.75, 3.05) is 13.7 Å². The van der Waals surface area contributed by atoms with Crippen molar-refractivity contribution in [3.05, 3.63) is 28.9 Å². The van der Waals surface area contributed by atoms with E-state index in [4.69, 9.17) is 15.2 Å². The number of aromatic nitrogens is 5. The normalized spacial score (nSPS) is 19.7. The zero-order valence-corrected chi connectivity index (χ0v) is 15.3. The summed E-state index contributed by atoms with van der Waals surface area (Å²) in [6, 6.07) is 0.271. The highest BCUT2D eigenvalue weighted by molar-refractivity contribution is 5.31. The molecule has 1 aliphatic carbocycles. The smallest absolute Gasteiger partial charge is 0.171 e. The van der Waals surface area contributed by atoms with Gasteiger partial charge < -0.3 is 19.8 Å². The second kappa shape index (κ2) is 7.45. The van der Waals surface area contributed by atoms with Crippen LogP contribution in [0.25, 0.3) is 0 Å². The highest BCUT2D eigenvalue weighted by Crippen LogP contribution is 2.35. The molecule has 136 valence electrons. The molecule has 8 nitrogen and oxygen atoms in total. The van der Waals surface area contributed by atoms with E-state index in [0.29, 0.717) is 31.4 Å². The minimum absolute atomic E-state index is 0.271. The maximum Gasteiger partial charge on any atom is 0.171 e. The van der Waals surface area contributed by atoms with Crippen molar-refractivity contribution in [2.45, 2.75) is 58.7 Å². The van der Waals surface area contributed by atoms with Gasteiger partial charge in [0.1, 0.15) is 18.3 Å². The third kappa shape index (κ3) is 3.80. The first-order valence-electron chi connectivity index (χ1n) is 8.60. The van der Waals surface area contributed by atoms with Gasteiger partial charge in [0.2, 0.25) is 0 Å². The molecule has 1 aliphatic rings. The van der Waals surface area contributed by atoms with Crippen LogP contribution in [0.4, 0.5) is 0 Å². The Morgan fingerprint density at radius 2 is 1.80 bits per heavy atom. The molecule has 2 aromatic heterocycles. The van der Waals surface area contributed by atoms with Crippen LogP contribution in [-0.2, 0) is 17.9 Å². The van der Waals surface area contributed by atoms with Gasteiger partial charge in [-0.2, -0.15) is 0 Å². The minimum Gasteiger partial charge on any atom is -0.482 e. The molecule has 25 heavy (non-hydrogen) atoms. The monoisotopic (exact) mass is 346 g/mol. The van der Waals surface area contributed by atoms with Crippen molar-refractivity contribution in [3.8, 4) is 5.75 Å². The maximum absolute atomic E-state index is 5.98. The quantitative estimate of drug-likeness (QED) is 0.809. The Labute approximate surface area is 147 Å². The standard InChI is InChI=1S/C17H26N6O2/c1-10-16(11(2)20-12(3)19-10)25-9-15-21-22-17(13-7-14(18)8-13)23(15)5-6-24-4/h13-14H,5-9,18H2,1-4H3. The molecule has 0 saturated heterocycles. The van der Waals surface area contributed by atoms with Gasteiger partial charge in [-0.1, -0.05) is 0 Å². The van der Waals surface area contributed by atoms with Gasteiger partial charge >= 0.3 is 0 Å². The molecule has 8 heteroatoms. The van der Waals surface area contributed by atoms with Crippen molar-refractivity contribution in [2.24, 2.45) is 5.73 Å². The number of hydrogen-bond donors (Lipinski definition) is 1.